The van der Waals surface area contributed by atoms with E-state index in [0.29, 0.717) is 5.56 Å². The number of carboxylic acids is 1. The maximum absolute atomic E-state index is 11.3. The Morgan fingerprint density at radius 1 is 1.36 bits per heavy atom. The molecular formula is C14H14N3O5-. The van der Waals surface area contributed by atoms with E-state index in [1.807, 2.05) is 5.43 Å². The average molecular weight is 304 g/mol. The number of rotatable bonds is 6. The molecule has 2 amide bonds. The topological polar surface area (TPSA) is 120 Å². The minimum atomic E-state index is -1.40. The van der Waals surface area contributed by atoms with Crippen LogP contribution in [-0.4, -0.2) is 37.7 Å². The van der Waals surface area contributed by atoms with Gasteiger partial charge >= 0.3 is 11.8 Å². The van der Waals surface area contributed by atoms with E-state index < -0.39 is 17.8 Å². The van der Waals surface area contributed by atoms with Gasteiger partial charge in [0, 0.05) is 12.1 Å². The first kappa shape index (κ1) is 16.9. The predicted octanol–water partition coefficient (Wildman–Crippen LogP) is -1.19. The SMILES string of the molecule is C=CCNC(=O)C(=O)N/N=C\c1ccc(OC)c(C(=O)[O-])c1. The fourth-order valence-electron chi connectivity index (χ4n) is 1.43. The van der Waals surface area contributed by atoms with Gasteiger partial charge in [-0.2, -0.15) is 5.10 Å². The molecule has 0 aliphatic carbocycles. The molecule has 1 rings (SSSR count). The zero-order chi connectivity index (χ0) is 16.5. The predicted molar refractivity (Wildman–Crippen MR) is 76.3 cm³/mol. The highest BCUT2D eigenvalue weighted by Gasteiger charge is 2.10. The first-order valence-electron chi connectivity index (χ1n) is 6.11. The minimum Gasteiger partial charge on any atom is -0.545 e. The second kappa shape index (κ2) is 8.20. The fourth-order valence-corrected chi connectivity index (χ4v) is 1.43. The van der Waals surface area contributed by atoms with Crippen LogP contribution in [0.1, 0.15) is 15.9 Å². The molecule has 8 nitrogen and oxygen atoms in total. The summed E-state index contributed by atoms with van der Waals surface area (Å²) in [7, 11) is 1.33. The maximum atomic E-state index is 11.3. The van der Waals surface area contributed by atoms with E-state index in [-0.39, 0.29) is 17.9 Å². The third-order valence-electron chi connectivity index (χ3n) is 2.44. The Morgan fingerprint density at radius 3 is 2.68 bits per heavy atom. The summed E-state index contributed by atoms with van der Waals surface area (Å²) in [6, 6.07) is 4.21. The summed E-state index contributed by atoms with van der Waals surface area (Å²) in [6.07, 6.45) is 2.61. The minimum absolute atomic E-state index is 0.144. The van der Waals surface area contributed by atoms with Gasteiger partial charge in [0.2, 0.25) is 0 Å². The van der Waals surface area contributed by atoms with E-state index in [1.54, 1.807) is 0 Å². The number of carbonyl (C=O) groups excluding carboxylic acids is 3. The summed E-state index contributed by atoms with van der Waals surface area (Å²) in [6.45, 7) is 3.55. The number of carbonyl (C=O) groups is 3. The molecule has 0 aliphatic rings. The van der Waals surface area contributed by atoms with Gasteiger partial charge in [-0.05, 0) is 23.8 Å². The molecule has 1 aromatic rings. The molecule has 0 atom stereocenters. The molecule has 0 aliphatic heterocycles. The van der Waals surface area contributed by atoms with Crippen molar-refractivity contribution >= 4 is 24.0 Å². The van der Waals surface area contributed by atoms with Crippen molar-refractivity contribution in [2.45, 2.75) is 0 Å². The molecule has 0 saturated heterocycles. The Bertz CT molecular complexity index is 625. The number of aromatic carboxylic acids is 1. The number of hydrogen-bond acceptors (Lipinski definition) is 6. The van der Waals surface area contributed by atoms with Crippen molar-refractivity contribution < 1.29 is 24.2 Å². The van der Waals surface area contributed by atoms with Crippen LogP contribution in [0, 0.1) is 0 Å². The van der Waals surface area contributed by atoms with Crippen molar-refractivity contribution in [3.63, 3.8) is 0 Å². The smallest absolute Gasteiger partial charge is 0.329 e. The van der Waals surface area contributed by atoms with Crippen LogP contribution in [-0.2, 0) is 9.59 Å². The van der Waals surface area contributed by atoms with Crippen LogP contribution in [0.2, 0.25) is 0 Å². The first-order valence-corrected chi connectivity index (χ1v) is 6.11. The van der Waals surface area contributed by atoms with Crippen LogP contribution in [0.5, 0.6) is 5.75 Å². The summed E-state index contributed by atoms with van der Waals surface area (Å²) in [4.78, 5) is 33.5. The Balaban J connectivity index is 2.72. The van der Waals surface area contributed by atoms with E-state index in [1.165, 1.54) is 37.6 Å². The Hall–Kier alpha value is -3.16. The number of nitrogens with zero attached hydrogens (tertiary/aromatic N) is 1. The fraction of sp³-hybridized carbons (Fsp3) is 0.143. The number of amides is 2. The van der Waals surface area contributed by atoms with E-state index in [9.17, 15) is 19.5 Å². The zero-order valence-corrected chi connectivity index (χ0v) is 11.8. The normalized spacial score (nSPS) is 10.0. The van der Waals surface area contributed by atoms with Gasteiger partial charge in [0.05, 0.1) is 19.3 Å². The highest BCUT2D eigenvalue weighted by molar-refractivity contribution is 6.35. The lowest BCUT2D eigenvalue weighted by molar-refractivity contribution is -0.255. The molecule has 0 aromatic heterocycles. The van der Waals surface area contributed by atoms with Gasteiger partial charge in [-0.3, -0.25) is 9.59 Å². The van der Waals surface area contributed by atoms with E-state index in [4.69, 9.17) is 4.74 Å². The van der Waals surface area contributed by atoms with Gasteiger partial charge in [-0.15, -0.1) is 6.58 Å². The summed E-state index contributed by atoms with van der Waals surface area (Å²) in [5.74, 6) is -3.07. The molecule has 22 heavy (non-hydrogen) atoms. The maximum Gasteiger partial charge on any atom is 0.329 e. The molecule has 0 bridgehead atoms. The molecule has 1 aromatic carbocycles. The lowest BCUT2D eigenvalue weighted by atomic mass is 10.1. The van der Waals surface area contributed by atoms with Crippen LogP contribution in [0.15, 0.2) is 36.0 Å². The molecule has 0 spiro atoms. The number of benzene rings is 1. The molecule has 2 N–H and O–H groups in total. The highest BCUT2D eigenvalue weighted by atomic mass is 16.5. The van der Waals surface area contributed by atoms with Crippen molar-refractivity contribution in [1.82, 2.24) is 10.7 Å². The number of nitrogens with one attached hydrogen (secondary N) is 2. The molecule has 0 radical (unpaired) electrons. The zero-order valence-electron chi connectivity index (χ0n) is 11.8. The molecule has 8 heteroatoms. The third-order valence-corrected chi connectivity index (χ3v) is 2.44. The van der Waals surface area contributed by atoms with Crippen LogP contribution in [0.3, 0.4) is 0 Å². The molecule has 0 saturated carbocycles. The van der Waals surface area contributed by atoms with Crippen molar-refractivity contribution in [1.29, 1.82) is 0 Å². The van der Waals surface area contributed by atoms with Crippen LogP contribution in [0.4, 0.5) is 0 Å². The summed E-state index contributed by atoms with van der Waals surface area (Å²) in [5.41, 5.74) is 2.24. The molecule has 0 fully saturated rings. The van der Waals surface area contributed by atoms with Crippen molar-refractivity contribution in [2.75, 3.05) is 13.7 Å². The van der Waals surface area contributed by atoms with E-state index in [2.05, 4.69) is 17.0 Å². The van der Waals surface area contributed by atoms with Crippen LogP contribution in [0.25, 0.3) is 0 Å². The van der Waals surface area contributed by atoms with Crippen LogP contribution >= 0.6 is 0 Å². The average Bonchev–Trinajstić information content (AvgIpc) is 2.52. The molecular weight excluding hydrogens is 290 g/mol. The van der Waals surface area contributed by atoms with Crippen LogP contribution < -0.4 is 20.6 Å². The Morgan fingerprint density at radius 2 is 2.09 bits per heavy atom. The number of hydrazone groups is 1. The van der Waals surface area contributed by atoms with Gasteiger partial charge in [0.15, 0.2) is 0 Å². The quantitative estimate of drug-likeness (QED) is 0.296. The number of methoxy groups -OCH3 is 1. The molecule has 116 valence electrons. The monoisotopic (exact) mass is 304 g/mol. The molecule has 0 heterocycles. The van der Waals surface area contributed by atoms with Crippen molar-refractivity contribution in [3.8, 4) is 5.75 Å². The molecule has 0 unspecified atom stereocenters. The third kappa shape index (κ3) is 4.75. The van der Waals surface area contributed by atoms with Gasteiger partial charge in [-0.1, -0.05) is 6.08 Å². The van der Waals surface area contributed by atoms with Gasteiger partial charge in [0.1, 0.15) is 5.75 Å². The number of ether oxygens (including phenoxy) is 1. The van der Waals surface area contributed by atoms with Crippen molar-refractivity contribution in [2.24, 2.45) is 5.10 Å². The first-order chi connectivity index (χ1) is 10.5. The summed E-state index contributed by atoms with van der Waals surface area (Å²) >= 11 is 0. The van der Waals surface area contributed by atoms with E-state index in [0.717, 1.165) is 0 Å². The largest absolute Gasteiger partial charge is 0.545 e. The Kier molecular flexibility index (Phi) is 6.30. The highest BCUT2D eigenvalue weighted by Crippen LogP contribution is 2.18. The summed E-state index contributed by atoms with van der Waals surface area (Å²) < 4.78 is 4.88. The Labute approximate surface area is 126 Å². The van der Waals surface area contributed by atoms with Crippen molar-refractivity contribution in [3.05, 3.63) is 42.0 Å². The van der Waals surface area contributed by atoms with Gasteiger partial charge in [-0.25, -0.2) is 5.43 Å². The summed E-state index contributed by atoms with van der Waals surface area (Å²) in [5, 5.41) is 16.8. The lowest BCUT2D eigenvalue weighted by Gasteiger charge is -2.09. The second-order valence-electron chi connectivity index (χ2n) is 3.95. The number of carboxylic acid groups (broad SMARTS) is 1. The van der Waals surface area contributed by atoms with E-state index >= 15 is 0 Å². The standard InChI is InChI=1S/C14H15N3O5/c1-3-6-15-12(18)13(19)17-16-8-9-4-5-11(22-2)10(7-9)14(20)21/h3-5,7-8H,1,6H2,2H3,(H,15,18)(H,17,19)(H,20,21)/p-1/b16-8-. The number of hydrogen-bond donors (Lipinski definition) is 2. The van der Waals surface area contributed by atoms with Gasteiger partial charge in [0.25, 0.3) is 0 Å². The lowest BCUT2D eigenvalue weighted by Crippen LogP contribution is -2.37. The second-order valence-corrected chi connectivity index (χ2v) is 3.95. The van der Waals surface area contributed by atoms with Gasteiger partial charge < -0.3 is 20.0 Å².